The minimum atomic E-state index is -0.153. The first-order valence-electron chi connectivity index (χ1n) is 11.8. The Balaban J connectivity index is 1.29. The SMILES string of the molecule is CCN(CCC(=O)Nc1c(C)nn(-c2ccccc2)c1C)CC(=O)Nc1ccc2c(c1)OCCO2. The van der Waals surface area contributed by atoms with Crippen LogP contribution in [0, 0.1) is 13.8 Å². The minimum absolute atomic E-state index is 0.116. The fourth-order valence-corrected chi connectivity index (χ4v) is 3.98. The molecule has 3 aromatic rings. The van der Waals surface area contributed by atoms with Gasteiger partial charge in [-0.2, -0.15) is 5.10 Å². The van der Waals surface area contributed by atoms with Gasteiger partial charge in [-0.1, -0.05) is 25.1 Å². The van der Waals surface area contributed by atoms with Crippen molar-refractivity contribution in [3.63, 3.8) is 0 Å². The predicted molar refractivity (Wildman–Crippen MR) is 134 cm³/mol. The number of rotatable bonds is 9. The smallest absolute Gasteiger partial charge is 0.238 e. The second-order valence-electron chi connectivity index (χ2n) is 8.37. The van der Waals surface area contributed by atoms with Crippen molar-refractivity contribution in [2.24, 2.45) is 0 Å². The van der Waals surface area contributed by atoms with Crippen LogP contribution in [0.2, 0.25) is 0 Å². The number of hydrogen-bond acceptors (Lipinski definition) is 6. The maximum absolute atomic E-state index is 12.7. The normalized spacial score (nSPS) is 12.5. The van der Waals surface area contributed by atoms with Crippen molar-refractivity contribution in [2.75, 3.05) is 43.5 Å². The Bertz CT molecular complexity index is 1190. The van der Waals surface area contributed by atoms with E-state index in [9.17, 15) is 9.59 Å². The van der Waals surface area contributed by atoms with Crippen LogP contribution in [-0.2, 0) is 9.59 Å². The van der Waals surface area contributed by atoms with Crippen LogP contribution in [0.3, 0.4) is 0 Å². The van der Waals surface area contributed by atoms with Gasteiger partial charge in [0.25, 0.3) is 0 Å². The van der Waals surface area contributed by atoms with Crippen LogP contribution in [0.4, 0.5) is 11.4 Å². The fraction of sp³-hybridized carbons (Fsp3) is 0.346. The Morgan fingerprint density at radius 1 is 1.00 bits per heavy atom. The van der Waals surface area contributed by atoms with Crippen LogP contribution < -0.4 is 20.1 Å². The average molecular weight is 478 g/mol. The van der Waals surface area contributed by atoms with Crippen LogP contribution >= 0.6 is 0 Å². The molecule has 4 rings (SSSR count). The van der Waals surface area contributed by atoms with Gasteiger partial charge in [0.1, 0.15) is 13.2 Å². The maximum Gasteiger partial charge on any atom is 0.238 e. The van der Waals surface area contributed by atoms with Gasteiger partial charge in [-0.15, -0.1) is 0 Å². The van der Waals surface area contributed by atoms with E-state index in [-0.39, 0.29) is 24.8 Å². The lowest BCUT2D eigenvalue weighted by atomic mass is 10.2. The van der Waals surface area contributed by atoms with Gasteiger partial charge in [-0.3, -0.25) is 14.5 Å². The summed E-state index contributed by atoms with van der Waals surface area (Å²) in [5.41, 5.74) is 3.93. The van der Waals surface area contributed by atoms with E-state index < -0.39 is 0 Å². The first kappa shape index (κ1) is 24.3. The molecule has 1 aliphatic rings. The number of amides is 2. The number of anilines is 2. The molecular formula is C26H31N5O4. The zero-order chi connectivity index (χ0) is 24.8. The third-order valence-electron chi connectivity index (χ3n) is 5.85. The first-order valence-corrected chi connectivity index (χ1v) is 11.8. The molecule has 35 heavy (non-hydrogen) atoms. The molecule has 0 saturated heterocycles. The van der Waals surface area contributed by atoms with Gasteiger partial charge in [-0.25, -0.2) is 4.68 Å². The van der Waals surface area contributed by atoms with E-state index >= 15 is 0 Å². The van der Waals surface area contributed by atoms with Gasteiger partial charge in [0.2, 0.25) is 11.8 Å². The van der Waals surface area contributed by atoms with Gasteiger partial charge in [0, 0.05) is 24.7 Å². The van der Waals surface area contributed by atoms with Gasteiger partial charge in [-0.05, 0) is 44.7 Å². The number of nitrogens with one attached hydrogen (secondary N) is 2. The summed E-state index contributed by atoms with van der Waals surface area (Å²) in [6.45, 7) is 8.07. The number of para-hydroxylation sites is 1. The van der Waals surface area contributed by atoms with Crippen molar-refractivity contribution in [3.05, 3.63) is 59.9 Å². The molecule has 0 unspecified atom stereocenters. The number of aromatic nitrogens is 2. The van der Waals surface area contributed by atoms with Gasteiger partial charge in [0.05, 0.1) is 29.3 Å². The van der Waals surface area contributed by atoms with E-state index in [2.05, 4.69) is 15.7 Å². The predicted octanol–water partition coefficient (Wildman–Crippen LogP) is 3.55. The molecule has 9 nitrogen and oxygen atoms in total. The van der Waals surface area contributed by atoms with Crippen molar-refractivity contribution >= 4 is 23.2 Å². The summed E-state index contributed by atoms with van der Waals surface area (Å²) in [5, 5.41) is 10.5. The number of carbonyl (C=O) groups excluding carboxylic acids is 2. The third kappa shape index (κ3) is 5.99. The Morgan fingerprint density at radius 3 is 2.49 bits per heavy atom. The lowest BCUT2D eigenvalue weighted by Gasteiger charge is -2.21. The second kappa shape index (κ2) is 11.1. The second-order valence-corrected chi connectivity index (χ2v) is 8.37. The van der Waals surface area contributed by atoms with Crippen molar-refractivity contribution in [1.82, 2.24) is 14.7 Å². The van der Waals surface area contributed by atoms with Crippen LogP contribution in [0.25, 0.3) is 5.69 Å². The molecule has 0 bridgehead atoms. The zero-order valence-electron chi connectivity index (χ0n) is 20.3. The van der Waals surface area contributed by atoms with Crippen molar-refractivity contribution in [3.8, 4) is 17.2 Å². The largest absolute Gasteiger partial charge is 0.486 e. The van der Waals surface area contributed by atoms with E-state index in [1.54, 1.807) is 18.2 Å². The molecule has 2 amide bonds. The summed E-state index contributed by atoms with van der Waals surface area (Å²) in [6.07, 6.45) is 0.264. The Labute approximate surface area is 205 Å². The topological polar surface area (TPSA) is 97.7 Å². The highest BCUT2D eigenvalue weighted by Gasteiger charge is 2.17. The summed E-state index contributed by atoms with van der Waals surface area (Å²) in [7, 11) is 0. The molecule has 1 aromatic heterocycles. The molecule has 0 atom stereocenters. The van der Waals surface area contributed by atoms with Crippen LogP contribution in [0.15, 0.2) is 48.5 Å². The number of carbonyl (C=O) groups is 2. The van der Waals surface area contributed by atoms with E-state index in [0.29, 0.717) is 43.5 Å². The molecule has 184 valence electrons. The Kier molecular flexibility index (Phi) is 7.67. The van der Waals surface area contributed by atoms with Crippen molar-refractivity contribution < 1.29 is 19.1 Å². The molecule has 0 fully saturated rings. The number of fused-ring (bicyclic) bond motifs is 1. The molecule has 0 spiro atoms. The van der Waals surface area contributed by atoms with Crippen LogP contribution in [0.1, 0.15) is 24.7 Å². The molecule has 2 heterocycles. The zero-order valence-corrected chi connectivity index (χ0v) is 20.3. The minimum Gasteiger partial charge on any atom is -0.486 e. The highest BCUT2D eigenvalue weighted by atomic mass is 16.6. The average Bonchev–Trinajstić information content (AvgIpc) is 3.15. The van der Waals surface area contributed by atoms with E-state index in [4.69, 9.17) is 9.47 Å². The van der Waals surface area contributed by atoms with E-state index in [0.717, 1.165) is 22.8 Å². The molecule has 2 aromatic carbocycles. The first-order chi connectivity index (χ1) is 16.9. The van der Waals surface area contributed by atoms with Gasteiger partial charge in [0.15, 0.2) is 11.5 Å². The van der Waals surface area contributed by atoms with Crippen molar-refractivity contribution in [1.29, 1.82) is 0 Å². The summed E-state index contributed by atoms with van der Waals surface area (Å²) in [4.78, 5) is 27.2. The summed E-state index contributed by atoms with van der Waals surface area (Å²) in [5.74, 6) is 1.03. The van der Waals surface area contributed by atoms with Gasteiger partial charge >= 0.3 is 0 Å². The number of nitrogens with zero attached hydrogens (tertiary/aromatic N) is 3. The summed E-state index contributed by atoms with van der Waals surface area (Å²) < 4.78 is 12.9. The molecule has 2 N–H and O–H groups in total. The third-order valence-corrected chi connectivity index (χ3v) is 5.85. The molecule has 0 aliphatic carbocycles. The monoisotopic (exact) mass is 477 g/mol. The standard InChI is InChI=1S/C26H31N5O4/c1-4-30(17-25(33)27-20-10-11-22-23(16-20)35-15-14-34-22)13-12-24(32)28-26-18(2)29-31(19(26)3)21-8-6-5-7-9-21/h5-11,16H,4,12-15,17H2,1-3H3,(H,27,33)(H,28,32). The number of aryl methyl sites for hydroxylation is 1. The molecule has 1 aliphatic heterocycles. The highest BCUT2D eigenvalue weighted by Crippen LogP contribution is 2.32. The maximum atomic E-state index is 12.7. The lowest BCUT2D eigenvalue weighted by Crippen LogP contribution is -2.35. The van der Waals surface area contributed by atoms with Crippen LogP contribution in [0.5, 0.6) is 11.5 Å². The molecule has 0 radical (unpaired) electrons. The lowest BCUT2D eigenvalue weighted by molar-refractivity contribution is -0.119. The van der Waals surface area contributed by atoms with Crippen molar-refractivity contribution in [2.45, 2.75) is 27.2 Å². The van der Waals surface area contributed by atoms with E-state index in [1.165, 1.54) is 0 Å². The Morgan fingerprint density at radius 2 is 1.74 bits per heavy atom. The number of likely N-dealkylation sites (N-methyl/N-ethyl adjacent to an activating group) is 1. The number of benzene rings is 2. The van der Waals surface area contributed by atoms with Gasteiger partial charge < -0.3 is 20.1 Å². The number of hydrogen-bond donors (Lipinski definition) is 2. The van der Waals surface area contributed by atoms with Crippen LogP contribution in [-0.4, -0.2) is 59.3 Å². The van der Waals surface area contributed by atoms with E-state index in [1.807, 2.05) is 60.7 Å². The molecular weight excluding hydrogens is 446 g/mol. The quantitative estimate of drug-likeness (QED) is 0.489. The molecule has 9 heteroatoms. The summed E-state index contributed by atoms with van der Waals surface area (Å²) >= 11 is 0. The highest BCUT2D eigenvalue weighted by molar-refractivity contribution is 5.93. The summed E-state index contributed by atoms with van der Waals surface area (Å²) in [6, 6.07) is 15.1. The fourth-order valence-electron chi connectivity index (χ4n) is 3.98. The Hall–Kier alpha value is -3.85. The number of ether oxygens (including phenoxy) is 2. The molecule has 0 saturated carbocycles.